The first-order valence-corrected chi connectivity index (χ1v) is 8.10. The average molecular weight is 289 g/mol. The Morgan fingerprint density at radius 1 is 1.15 bits per heavy atom. The summed E-state index contributed by atoms with van der Waals surface area (Å²) in [4.78, 5) is 0. The molecule has 3 nitrogen and oxygen atoms in total. The van der Waals surface area contributed by atoms with Crippen LogP contribution in [-0.4, -0.2) is 14.8 Å². The number of thioether (sulfide) groups is 1. The number of hydrogen-bond donors (Lipinski definition) is 0. The maximum Gasteiger partial charge on any atom is 0.191 e. The zero-order valence-electron chi connectivity index (χ0n) is 12.9. The third kappa shape index (κ3) is 3.42. The summed E-state index contributed by atoms with van der Waals surface area (Å²) in [5.74, 6) is 2.41. The predicted octanol–water partition coefficient (Wildman–Crippen LogP) is 4.58. The van der Waals surface area contributed by atoms with Crippen molar-refractivity contribution in [1.82, 2.24) is 14.8 Å². The Morgan fingerprint density at radius 2 is 1.90 bits per heavy atom. The van der Waals surface area contributed by atoms with Gasteiger partial charge in [0.1, 0.15) is 5.82 Å². The van der Waals surface area contributed by atoms with E-state index in [0.717, 1.165) is 16.7 Å². The number of hydrogen-bond acceptors (Lipinski definition) is 3. The van der Waals surface area contributed by atoms with E-state index in [9.17, 15) is 0 Å². The highest BCUT2D eigenvalue weighted by atomic mass is 32.2. The topological polar surface area (TPSA) is 30.7 Å². The van der Waals surface area contributed by atoms with Crippen molar-refractivity contribution in [2.75, 3.05) is 0 Å². The lowest BCUT2D eigenvalue weighted by molar-refractivity contribution is 0.512. The van der Waals surface area contributed by atoms with Gasteiger partial charge in [-0.25, -0.2) is 0 Å². The third-order valence-corrected chi connectivity index (χ3v) is 4.19. The molecule has 0 spiro atoms. The van der Waals surface area contributed by atoms with Crippen molar-refractivity contribution in [1.29, 1.82) is 0 Å². The Balaban J connectivity index is 2.17. The van der Waals surface area contributed by atoms with Gasteiger partial charge < -0.3 is 4.57 Å². The highest BCUT2D eigenvalue weighted by molar-refractivity contribution is 7.98. The lowest BCUT2D eigenvalue weighted by Gasteiger charge is -2.15. The van der Waals surface area contributed by atoms with Crippen molar-refractivity contribution < 1.29 is 0 Å². The van der Waals surface area contributed by atoms with Gasteiger partial charge in [0.05, 0.1) is 0 Å². The molecule has 20 heavy (non-hydrogen) atoms. The van der Waals surface area contributed by atoms with Crippen LogP contribution >= 0.6 is 11.8 Å². The van der Waals surface area contributed by atoms with Crippen LogP contribution in [0.1, 0.15) is 56.6 Å². The Labute approximate surface area is 125 Å². The minimum atomic E-state index is 0.391. The van der Waals surface area contributed by atoms with Crippen LogP contribution < -0.4 is 0 Å². The molecule has 0 N–H and O–H groups in total. The van der Waals surface area contributed by atoms with Crippen LogP contribution in [0.15, 0.2) is 29.4 Å². The normalized spacial score (nSPS) is 11.6. The van der Waals surface area contributed by atoms with Gasteiger partial charge in [0.15, 0.2) is 5.16 Å². The molecular weight excluding hydrogens is 266 g/mol. The van der Waals surface area contributed by atoms with E-state index in [0.29, 0.717) is 12.0 Å². The third-order valence-electron chi connectivity index (χ3n) is 3.17. The van der Waals surface area contributed by atoms with Gasteiger partial charge in [-0.2, -0.15) is 0 Å². The highest BCUT2D eigenvalue weighted by Gasteiger charge is 2.17. The van der Waals surface area contributed by atoms with Crippen LogP contribution in [0.2, 0.25) is 0 Å². The van der Waals surface area contributed by atoms with E-state index < -0.39 is 0 Å². The van der Waals surface area contributed by atoms with Crippen molar-refractivity contribution in [2.45, 2.75) is 57.5 Å². The van der Waals surface area contributed by atoms with E-state index in [-0.39, 0.29) is 0 Å². The fourth-order valence-electron chi connectivity index (χ4n) is 2.22. The number of benzene rings is 1. The van der Waals surface area contributed by atoms with Crippen LogP contribution in [0, 0.1) is 6.92 Å². The summed E-state index contributed by atoms with van der Waals surface area (Å²) >= 11 is 1.76. The van der Waals surface area contributed by atoms with Gasteiger partial charge in [0.25, 0.3) is 0 Å². The molecule has 0 atom stereocenters. The van der Waals surface area contributed by atoms with Crippen LogP contribution in [0.4, 0.5) is 0 Å². The first-order chi connectivity index (χ1) is 9.49. The maximum atomic E-state index is 4.37. The molecule has 0 aliphatic carbocycles. The molecule has 1 aromatic carbocycles. The van der Waals surface area contributed by atoms with Gasteiger partial charge in [0, 0.05) is 17.7 Å². The lowest BCUT2D eigenvalue weighted by atomic mass is 10.2. The fraction of sp³-hybridized carbons (Fsp3) is 0.500. The van der Waals surface area contributed by atoms with Crippen LogP contribution in [-0.2, 0) is 5.75 Å². The van der Waals surface area contributed by atoms with Crippen molar-refractivity contribution >= 4 is 11.8 Å². The van der Waals surface area contributed by atoms with Crippen molar-refractivity contribution in [3.8, 4) is 0 Å². The molecule has 2 aromatic rings. The Bertz CT molecular complexity index is 573. The van der Waals surface area contributed by atoms with Crippen molar-refractivity contribution in [3.63, 3.8) is 0 Å². The second kappa shape index (κ2) is 6.44. The molecule has 0 radical (unpaired) electrons. The van der Waals surface area contributed by atoms with E-state index in [1.165, 1.54) is 11.1 Å². The average Bonchev–Trinajstić information content (AvgIpc) is 2.80. The molecule has 2 rings (SSSR count). The zero-order chi connectivity index (χ0) is 14.7. The molecule has 1 aromatic heterocycles. The molecule has 0 fully saturated rings. The van der Waals surface area contributed by atoms with Gasteiger partial charge in [-0.05, 0) is 26.3 Å². The van der Waals surface area contributed by atoms with Crippen molar-refractivity contribution in [3.05, 3.63) is 41.2 Å². The Hall–Kier alpha value is -1.29. The summed E-state index contributed by atoms with van der Waals surface area (Å²) in [5, 5.41) is 9.75. The fourth-order valence-corrected chi connectivity index (χ4v) is 3.23. The minimum absolute atomic E-state index is 0.391. The molecule has 4 heteroatoms. The molecular formula is C16H23N3S. The predicted molar refractivity (Wildman–Crippen MR) is 85.2 cm³/mol. The molecule has 0 aliphatic heterocycles. The molecule has 1 heterocycles. The number of aryl methyl sites for hydroxylation is 1. The van der Waals surface area contributed by atoms with Crippen LogP contribution in [0.3, 0.4) is 0 Å². The van der Waals surface area contributed by atoms with E-state index in [1.54, 1.807) is 11.8 Å². The highest BCUT2D eigenvalue weighted by Crippen LogP contribution is 2.27. The van der Waals surface area contributed by atoms with E-state index >= 15 is 0 Å². The molecule has 0 aliphatic rings. The van der Waals surface area contributed by atoms with E-state index in [2.05, 4.69) is 73.6 Å². The quantitative estimate of drug-likeness (QED) is 0.755. The van der Waals surface area contributed by atoms with Gasteiger partial charge in [-0.3, -0.25) is 0 Å². The molecule has 108 valence electrons. The maximum absolute atomic E-state index is 4.37. The van der Waals surface area contributed by atoms with Crippen molar-refractivity contribution in [2.24, 2.45) is 0 Å². The molecule has 0 saturated heterocycles. The van der Waals surface area contributed by atoms with Gasteiger partial charge >= 0.3 is 0 Å². The number of nitrogens with zero attached hydrogens (tertiary/aromatic N) is 3. The van der Waals surface area contributed by atoms with E-state index in [1.807, 2.05) is 0 Å². The van der Waals surface area contributed by atoms with Gasteiger partial charge in [-0.1, -0.05) is 55.4 Å². The second-order valence-electron chi connectivity index (χ2n) is 5.74. The molecule has 0 amide bonds. The SMILES string of the molecule is Cc1cccc(CSc2nnc(C(C)C)n2C(C)C)c1. The summed E-state index contributed by atoms with van der Waals surface area (Å²) in [6, 6.07) is 9.02. The standard InChI is InChI=1S/C16H23N3S/c1-11(2)15-17-18-16(19(15)12(3)4)20-10-14-8-6-7-13(5)9-14/h6-9,11-12H,10H2,1-5H3. The van der Waals surface area contributed by atoms with Crippen LogP contribution in [0.5, 0.6) is 0 Å². The van der Waals surface area contributed by atoms with Gasteiger partial charge in [0.2, 0.25) is 0 Å². The smallest absolute Gasteiger partial charge is 0.191 e. The van der Waals surface area contributed by atoms with E-state index in [4.69, 9.17) is 0 Å². The number of aromatic nitrogens is 3. The molecule has 0 unspecified atom stereocenters. The van der Waals surface area contributed by atoms with Gasteiger partial charge in [-0.15, -0.1) is 10.2 Å². The molecule has 0 bridgehead atoms. The Morgan fingerprint density at radius 3 is 2.50 bits per heavy atom. The summed E-state index contributed by atoms with van der Waals surface area (Å²) < 4.78 is 2.26. The van der Waals surface area contributed by atoms with Crippen LogP contribution in [0.25, 0.3) is 0 Å². The first kappa shape index (κ1) is 15.1. The summed E-state index contributed by atoms with van der Waals surface area (Å²) in [6.45, 7) is 10.8. The Kier molecular flexibility index (Phi) is 4.86. The minimum Gasteiger partial charge on any atom is -0.303 e. The molecule has 0 saturated carbocycles. The largest absolute Gasteiger partial charge is 0.303 e. The second-order valence-corrected chi connectivity index (χ2v) is 6.68. The monoisotopic (exact) mass is 289 g/mol. The summed E-state index contributed by atoms with van der Waals surface area (Å²) in [6.07, 6.45) is 0. The zero-order valence-corrected chi connectivity index (χ0v) is 13.7. The first-order valence-electron chi connectivity index (χ1n) is 7.12. The summed E-state index contributed by atoms with van der Waals surface area (Å²) in [5.41, 5.74) is 2.63. The summed E-state index contributed by atoms with van der Waals surface area (Å²) in [7, 11) is 0. The number of rotatable bonds is 5. The lowest BCUT2D eigenvalue weighted by Crippen LogP contribution is -2.09.